The van der Waals surface area contributed by atoms with Crippen LogP contribution in [0.15, 0.2) is 0 Å². The summed E-state index contributed by atoms with van der Waals surface area (Å²) in [5.41, 5.74) is 5.68. The molecule has 2 N–H and O–H groups in total. The Labute approximate surface area is 99.2 Å². The van der Waals surface area contributed by atoms with Gasteiger partial charge in [0.05, 0.1) is 6.61 Å². The average Bonchev–Trinajstić information content (AvgIpc) is 2.61. The molecule has 0 saturated carbocycles. The molecule has 0 atom stereocenters. The van der Waals surface area contributed by atoms with Crippen molar-refractivity contribution in [1.82, 2.24) is 4.98 Å². The Balaban J connectivity index is 2.84. The van der Waals surface area contributed by atoms with Gasteiger partial charge in [0.1, 0.15) is 0 Å². The minimum Gasteiger partial charge on any atom is -0.462 e. The molecule has 1 aromatic heterocycles. The number of aromatic nitrogens is 1. The zero-order valence-corrected chi connectivity index (χ0v) is 10.6. The Bertz CT molecular complexity index is 365. The summed E-state index contributed by atoms with van der Waals surface area (Å²) >= 11 is 1.27. The summed E-state index contributed by atoms with van der Waals surface area (Å²) in [4.78, 5) is 18.0. The summed E-state index contributed by atoms with van der Waals surface area (Å²) in [5, 5.41) is 0.752. The molecule has 6 heteroatoms. The van der Waals surface area contributed by atoms with Crippen molar-refractivity contribution in [2.24, 2.45) is 0 Å². The summed E-state index contributed by atoms with van der Waals surface area (Å²) in [6.07, 6.45) is 1.02. The summed E-state index contributed by atoms with van der Waals surface area (Å²) < 4.78 is 4.89. The van der Waals surface area contributed by atoms with Crippen LogP contribution in [0.3, 0.4) is 0 Å². The molecule has 0 aliphatic rings. The first-order chi connectivity index (χ1) is 7.60. The van der Waals surface area contributed by atoms with Crippen LogP contribution >= 0.6 is 11.3 Å². The van der Waals surface area contributed by atoms with E-state index in [2.05, 4.69) is 11.9 Å². The Morgan fingerprint density at radius 1 is 1.56 bits per heavy atom. The predicted molar refractivity (Wildman–Crippen MR) is 66.0 cm³/mol. The molecule has 0 bridgehead atoms. The number of thiazole rings is 1. The maximum Gasteiger partial charge on any atom is 0.352 e. The second-order valence-corrected chi connectivity index (χ2v) is 4.33. The number of nitrogens with zero attached hydrogens (tertiary/aromatic N) is 2. The minimum atomic E-state index is -0.395. The monoisotopic (exact) mass is 243 g/mol. The molecule has 0 fully saturated rings. The second-order valence-electron chi connectivity index (χ2n) is 3.35. The van der Waals surface area contributed by atoms with E-state index in [0.29, 0.717) is 11.5 Å². The van der Waals surface area contributed by atoms with Gasteiger partial charge in [-0.15, -0.1) is 0 Å². The number of ether oxygens (including phenoxy) is 1. The molecule has 0 radical (unpaired) electrons. The van der Waals surface area contributed by atoms with Crippen LogP contribution in [-0.2, 0) is 4.74 Å². The highest BCUT2D eigenvalue weighted by Gasteiger charge is 2.18. The van der Waals surface area contributed by atoms with Crippen LogP contribution in [0.1, 0.15) is 29.9 Å². The third kappa shape index (κ3) is 2.85. The largest absolute Gasteiger partial charge is 0.462 e. The normalized spacial score (nSPS) is 10.2. The Morgan fingerprint density at radius 3 is 2.81 bits per heavy atom. The highest BCUT2D eigenvalue weighted by molar-refractivity contribution is 7.18. The van der Waals surface area contributed by atoms with E-state index in [1.165, 1.54) is 11.3 Å². The molecule has 0 unspecified atom stereocenters. The molecule has 1 rings (SSSR count). The topological polar surface area (TPSA) is 68.5 Å². The summed E-state index contributed by atoms with van der Waals surface area (Å²) in [7, 11) is 1.93. The van der Waals surface area contributed by atoms with Crippen molar-refractivity contribution in [1.29, 1.82) is 0 Å². The third-order valence-corrected chi connectivity index (χ3v) is 3.15. The number of hydrogen-bond donors (Lipinski definition) is 1. The van der Waals surface area contributed by atoms with Crippen molar-refractivity contribution >= 4 is 28.3 Å². The number of nitrogens with two attached hydrogens (primary N) is 1. The first kappa shape index (κ1) is 12.8. The van der Waals surface area contributed by atoms with Gasteiger partial charge >= 0.3 is 5.97 Å². The van der Waals surface area contributed by atoms with Crippen molar-refractivity contribution in [2.75, 3.05) is 30.8 Å². The predicted octanol–water partition coefficient (Wildman–Crippen LogP) is 1.75. The van der Waals surface area contributed by atoms with Crippen molar-refractivity contribution in [3.8, 4) is 0 Å². The standard InChI is InChI=1S/C10H17N3O2S/c1-4-6-13(3)10-12-8(11)7(16-10)9(14)15-5-2/h4-6,11H2,1-3H3. The van der Waals surface area contributed by atoms with E-state index in [9.17, 15) is 4.79 Å². The minimum absolute atomic E-state index is 0.251. The molecular weight excluding hydrogens is 226 g/mol. The van der Waals surface area contributed by atoms with Crippen LogP contribution in [0.25, 0.3) is 0 Å². The summed E-state index contributed by atoms with van der Waals surface area (Å²) in [5.74, 6) is -0.143. The van der Waals surface area contributed by atoms with E-state index in [0.717, 1.165) is 18.1 Å². The number of rotatable bonds is 5. The van der Waals surface area contributed by atoms with Crippen LogP contribution < -0.4 is 10.6 Å². The molecule has 16 heavy (non-hydrogen) atoms. The zero-order chi connectivity index (χ0) is 12.1. The maximum absolute atomic E-state index is 11.5. The Morgan fingerprint density at radius 2 is 2.25 bits per heavy atom. The van der Waals surface area contributed by atoms with E-state index >= 15 is 0 Å². The number of esters is 1. The molecule has 0 saturated heterocycles. The van der Waals surface area contributed by atoms with Crippen molar-refractivity contribution < 1.29 is 9.53 Å². The second kappa shape index (κ2) is 5.69. The summed E-state index contributed by atoms with van der Waals surface area (Å²) in [6, 6.07) is 0. The molecule has 0 spiro atoms. The molecule has 0 amide bonds. The van der Waals surface area contributed by atoms with Crippen molar-refractivity contribution in [3.63, 3.8) is 0 Å². The van der Waals surface area contributed by atoms with Crippen LogP contribution in [-0.4, -0.2) is 31.2 Å². The van der Waals surface area contributed by atoms with E-state index in [-0.39, 0.29) is 5.82 Å². The van der Waals surface area contributed by atoms with Gasteiger partial charge < -0.3 is 15.4 Å². The molecule has 0 aliphatic heterocycles. The number of carbonyl (C=O) groups is 1. The van der Waals surface area contributed by atoms with Crippen LogP contribution in [0.2, 0.25) is 0 Å². The lowest BCUT2D eigenvalue weighted by molar-refractivity contribution is 0.0533. The lowest BCUT2D eigenvalue weighted by atomic mass is 10.4. The van der Waals surface area contributed by atoms with Gasteiger partial charge in [-0.05, 0) is 13.3 Å². The van der Waals surface area contributed by atoms with Crippen LogP contribution in [0.4, 0.5) is 10.9 Å². The SMILES string of the molecule is CCCN(C)c1nc(N)c(C(=O)OCC)s1. The molecule has 1 aromatic rings. The Kier molecular flexibility index (Phi) is 4.54. The highest BCUT2D eigenvalue weighted by Crippen LogP contribution is 2.28. The van der Waals surface area contributed by atoms with Gasteiger partial charge in [0, 0.05) is 13.6 Å². The van der Waals surface area contributed by atoms with Gasteiger partial charge in [-0.25, -0.2) is 9.78 Å². The quantitative estimate of drug-likeness (QED) is 0.798. The molecule has 0 aliphatic carbocycles. The Hall–Kier alpha value is -1.30. The lowest BCUT2D eigenvalue weighted by Gasteiger charge is -2.13. The van der Waals surface area contributed by atoms with E-state index in [1.54, 1.807) is 6.92 Å². The number of nitrogen functional groups attached to an aromatic ring is 1. The van der Waals surface area contributed by atoms with Gasteiger partial charge in [-0.2, -0.15) is 0 Å². The zero-order valence-electron chi connectivity index (χ0n) is 9.82. The first-order valence-corrected chi connectivity index (χ1v) is 6.06. The third-order valence-electron chi connectivity index (χ3n) is 1.99. The number of hydrogen-bond acceptors (Lipinski definition) is 6. The average molecular weight is 243 g/mol. The molecular formula is C10H17N3O2S. The fraction of sp³-hybridized carbons (Fsp3) is 0.600. The lowest BCUT2D eigenvalue weighted by Crippen LogP contribution is -2.17. The van der Waals surface area contributed by atoms with Gasteiger partial charge in [0.15, 0.2) is 15.8 Å². The molecule has 1 heterocycles. The van der Waals surface area contributed by atoms with Crippen LogP contribution in [0, 0.1) is 0 Å². The fourth-order valence-electron chi connectivity index (χ4n) is 1.26. The van der Waals surface area contributed by atoms with E-state index in [1.807, 2.05) is 11.9 Å². The van der Waals surface area contributed by atoms with Gasteiger partial charge in [0.2, 0.25) is 0 Å². The van der Waals surface area contributed by atoms with Gasteiger partial charge in [0.25, 0.3) is 0 Å². The fourth-order valence-corrected chi connectivity index (χ4v) is 2.12. The smallest absolute Gasteiger partial charge is 0.352 e. The van der Waals surface area contributed by atoms with Crippen LogP contribution in [0.5, 0.6) is 0 Å². The summed E-state index contributed by atoms with van der Waals surface area (Å²) in [6.45, 7) is 5.07. The number of carbonyl (C=O) groups excluding carboxylic acids is 1. The van der Waals surface area contributed by atoms with E-state index in [4.69, 9.17) is 10.5 Å². The molecule has 0 aromatic carbocycles. The van der Waals surface area contributed by atoms with Crippen molar-refractivity contribution in [2.45, 2.75) is 20.3 Å². The molecule has 90 valence electrons. The maximum atomic E-state index is 11.5. The number of anilines is 2. The van der Waals surface area contributed by atoms with Crippen molar-refractivity contribution in [3.05, 3.63) is 4.88 Å². The first-order valence-electron chi connectivity index (χ1n) is 5.24. The van der Waals surface area contributed by atoms with Gasteiger partial charge in [-0.1, -0.05) is 18.3 Å². The van der Waals surface area contributed by atoms with Gasteiger partial charge in [-0.3, -0.25) is 0 Å². The van der Waals surface area contributed by atoms with E-state index < -0.39 is 5.97 Å². The molecule has 5 nitrogen and oxygen atoms in total. The highest BCUT2D eigenvalue weighted by atomic mass is 32.1.